The third kappa shape index (κ3) is 5.68. The van der Waals surface area contributed by atoms with E-state index in [0.29, 0.717) is 48.9 Å². The Morgan fingerprint density at radius 2 is 1.78 bits per heavy atom. The number of carbonyl (C=O) groups is 2. The van der Waals surface area contributed by atoms with E-state index in [1.54, 1.807) is 18.7 Å². The van der Waals surface area contributed by atoms with Crippen LogP contribution in [0.4, 0.5) is 0 Å². The normalized spacial score (nSPS) is 31.8. The summed E-state index contributed by atoms with van der Waals surface area (Å²) in [5.41, 5.74) is -1.12. The van der Waals surface area contributed by atoms with Crippen LogP contribution < -0.4 is 4.74 Å². The molecule has 1 saturated heterocycles. The van der Waals surface area contributed by atoms with Gasteiger partial charge in [-0.3, -0.25) is 9.59 Å². The molecule has 1 aromatic carbocycles. The first-order valence-corrected chi connectivity index (χ1v) is 14.3. The number of carbonyl (C=O) groups excluding carboxylic acids is 2. The van der Waals surface area contributed by atoms with Crippen molar-refractivity contribution in [1.29, 1.82) is 0 Å². The van der Waals surface area contributed by atoms with Crippen LogP contribution in [0.5, 0.6) is 5.75 Å². The Balaban J connectivity index is 1.09. The van der Waals surface area contributed by atoms with E-state index in [1.807, 2.05) is 36.2 Å². The zero-order valence-corrected chi connectivity index (χ0v) is 22.7. The second-order valence-corrected chi connectivity index (χ2v) is 12.9. The molecular formula is C30H44N2O5. The molecule has 1 aromatic rings. The highest BCUT2D eigenvalue weighted by molar-refractivity contribution is 5.94. The molecule has 2 N–H and O–H groups in total. The number of aliphatic hydroxyl groups is 2. The van der Waals surface area contributed by atoms with Crippen LogP contribution in [0.25, 0.3) is 0 Å². The first-order valence-electron chi connectivity index (χ1n) is 14.3. The molecule has 1 heterocycles. The first kappa shape index (κ1) is 26.5. The van der Waals surface area contributed by atoms with Gasteiger partial charge < -0.3 is 24.7 Å². The van der Waals surface area contributed by atoms with Crippen LogP contribution in [0.2, 0.25) is 0 Å². The fourth-order valence-corrected chi connectivity index (χ4v) is 7.78. The molecule has 1 aliphatic heterocycles. The molecule has 204 valence electrons. The highest BCUT2D eigenvalue weighted by Gasteiger charge is 2.54. The summed E-state index contributed by atoms with van der Waals surface area (Å²) in [5.74, 6) is 2.70. The molecular weight excluding hydrogens is 468 g/mol. The summed E-state index contributed by atoms with van der Waals surface area (Å²) in [4.78, 5) is 29.3. The second kappa shape index (κ2) is 10.2. The Labute approximate surface area is 221 Å². The van der Waals surface area contributed by atoms with E-state index in [2.05, 4.69) is 0 Å². The van der Waals surface area contributed by atoms with E-state index in [1.165, 1.54) is 6.42 Å². The Hall–Kier alpha value is -2.12. The van der Waals surface area contributed by atoms with Gasteiger partial charge in [-0.15, -0.1) is 0 Å². The van der Waals surface area contributed by atoms with Crippen LogP contribution in [0, 0.1) is 23.7 Å². The van der Waals surface area contributed by atoms with Crippen molar-refractivity contribution >= 4 is 11.8 Å². The molecule has 0 radical (unpaired) electrons. The molecule has 0 aromatic heterocycles. The Morgan fingerprint density at radius 1 is 1.08 bits per heavy atom. The van der Waals surface area contributed by atoms with Gasteiger partial charge in [0, 0.05) is 31.7 Å². The van der Waals surface area contributed by atoms with Crippen molar-refractivity contribution in [3.05, 3.63) is 29.8 Å². The summed E-state index contributed by atoms with van der Waals surface area (Å²) in [7, 11) is 1.94. The van der Waals surface area contributed by atoms with E-state index in [0.717, 1.165) is 57.1 Å². The minimum atomic E-state index is -1.31. The smallest absolute Gasteiger partial charge is 0.253 e. The maximum absolute atomic E-state index is 13.4. The van der Waals surface area contributed by atoms with Gasteiger partial charge in [0.05, 0.1) is 12.2 Å². The molecule has 7 nitrogen and oxygen atoms in total. The van der Waals surface area contributed by atoms with Crippen molar-refractivity contribution in [3.8, 4) is 5.75 Å². The summed E-state index contributed by atoms with van der Waals surface area (Å²) >= 11 is 0. The van der Waals surface area contributed by atoms with Crippen LogP contribution in [0.15, 0.2) is 24.3 Å². The summed E-state index contributed by atoms with van der Waals surface area (Å²) in [5, 5.41) is 20.9. The molecule has 7 heteroatoms. The third-order valence-electron chi connectivity index (χ3n) is 9.67. The molecule has 37 heavy (non-hydrogen) atoms. The summed E-state index contributed by atoms with van der Waals surface area (Å²) in [6.07, 6.45) is 8.84. The fraction of sp³-hybridized carbons (Fsp3) is 0.733. The molecule has 5 rings (SSSR count). The van der Waals surface area contributed by atoms with E-state index in [-0.39, 0.29) is 17.9 Å². The quantitative estimate of drug-likeness (QED) is 0.579. The van der Waals surface area contributed by atoms with E-state index in [4.69, 9.17) is 4.74 Å². The number of rotatable bonds is 7. The van der Waals surface area contributed by atoms with Crippen molar-refractivity contribution in [1.82, 2.24) is 9.80 Å². The Morgan fingerprint density at radius 3 is 2.46 bits per heavy atom. The largest absolute Gasteiger partial charge is 0.494 e. The first-order chi connectivity index (χ1) is 17.5. The predicted octanol–water partition coefficient (Wildman–Crippen LogP) is 3.87. The predicted molar refractivity (Wildman–Crippen MR) is 141 cm³/mol. The summed E-state index contributed by atoms with van der Waals surface area (Å²) < 4.78 is 5.98. The Bertz CT molecular complexity index is 981. The number of likely N-dealkylation sites (tertiary alicyclic amines) is 1. The average molecular weight is 513 g/mol. The van der Waals surface area contributed by atoms with Crippen molar-refractivity contribution in [2.24, 2.45) is 23.7 Å². The standard InChI is InChI=1S/C30H44N2O5/c1-29(2,35)28(34)32-13-10-20(11-14-32)12-15-37-24-7-5-22(6-8-24)27(33)31(3)26-9-4-21-16-23-18-30(36,17-21)19-25(23)26/h5-8,20-21,23,25-26,35-36H,4,9-19H2,1-3H3. The lowest BCUT2D eigenvalue weighted by Gasteiger charge is -2.36. The Kier molecular flexibility index (Phi) is 7.31. The van der Waals surface area contributed by atoms with Gasteiger partial charge in [-0.1, -0.05) is 0 Å². The van der Waals surface area contributed by atoms with Gasteiger partial charge in [-0.05, 0) is 120 Å². The average Bonchev–Trinajstić information content (AvgIpc) is 3.03. The van der Waals surface area contributed by atoms with E-state index >= 15 is 0 Å². The lowest BCUT2D eigenvalue weighted by molar-refractivity contribution is -0.149. The maximum Gasteiger partial charge on any atom is 0.253 e. The molecule has 3 bridgehead atoms. The number of ether oxygens (including phenoxy) is 1. The van der Waals surface area contributed by atoms with Crippen molar-refractivity contribution in [2.45, 2.75) is 88.9 Å². The summed E-state index contributed by atoms with van der Waals surface area (Å²) in [6, 6.07) is 7.70. The van der Waals surface area contributed by atoms with Crippen LogP contribution in [0.1, 0.15) is 82.0 Å². The van der Waals surface area contributed by atoms with Crippen molar-refractivity contribution in [3.63, 3.8) is 0 Å². The van der Waals surface area contributed by atoms with Crippen LogP contribution >= 0.6 is 0 Å². The van der Waals surface area contributed by atoms with Gasteiger partial charge in [0.15, 0.2) is 0 Å². The number of amides is 2. The second-order valence-electron chi connectivity index (χ2n) is 12.9. The van der Waals surface area contributed by atoms with Crippen LogP contribution in [0.3, 0.4) is 0 Å². The molecule has 0 spiro atoms. The van der Waals surface area contributed by atoms with Crippen LogP contribution in [-0.4, -0.2) is 75.8 Å². The van der Waals surface area contributed by atoms with Gasteiger partial charge in [0.2, 0.25) is 0 Å². The molecule has 2 amide bonds. The van der Waals surface area contributed by atoms with Gasteiger partial charge >= 0.3 is 0 Å². The molecule has 3 saturated carbocycles. The molecule has 5 unspecified atom stereocenters. The molecule has 4 fully saturated rings. The number of nitrogens with zero attached hydrogens (tertiary/aromatic N) is 2. The minimum Gasteiger partial charge on any atom is -0.494 e. The third-order valence-corrected chi connectivity index (χ3v) is 9.67. The summed E-state index contributed by atoms with van der Waals surface area (Å²) in [6.45, 7) is 5.05. The number of fused-ring (bicyclic) bond motifs is 2. The topological polar surface area (TPSA) is 90.3 Å². The highest BCUT2D eigenvalue weighted by atomic mass is 16.5. The minimum absolute atomic E-state index is 0.0529. The maximum atomic E-state index is 13.4. The zero-order chi connectivity index (χ0) is 26.4. The van der Waals surface area contributed by atoms with E-state index in [9.17, 15) is 19.8 Å². The van der Waals surface area contributed by atoms with Gasteiger partial charge in [0.25, 0.3) is 11.8 Å². The van der Waals surface area contributed by atoms with Crippen molar-refractivity contribution < 1.29 is 24.5 Å². The lowest BCUT2D eigenvalue weighted by atomic mass is 9.77. The molecule has 5 atom stereocenters. The van der Waals surface area contributed by atoms with Gasteiger partial charge in [0.1, 0.15) is 11.4 Å². The zero-order valence-electron chi connectivity index (χ0n) is 22.7. The molecule has 4 aliphatic rings. The number of hydrogen-bond acceptors (Lipinski definition) is 5. The SMILES string of the molecule is CN(C(=O)c1ccc(OCCC2CCN(C(=O)C(C)(C)O)CC2)cc1)C1CCC2CC3CC(O)(C2)CC31. The lowest BCUT2D eigenvalue weighted by Crippen LogP contribution is -2.48. The molecule has 3 aliphatic carbocycles. The van der Waals surface area contributed by atoms with Crippen LogP contribution in [-0.2, 0) is 4.79 Å². The highest BCUT2D eigenvalue weighted by Crippen LogP contribution is 2.56. The van der Waals surface area contributed by atoms with Gasteiger partial charge in [-0.2, -0.15) is 0 Å². The van der Waals surface area contributed by atoms with E-state index < -0.39 is 11.2 Å². The number of piperidine rings is 1. The monoisotopic (exact) mass is 512 g/mol. The number of benzene rings is 1. The van der Waals surface area contributed by atoms with Gasteiger partial charge in [-0.25, -0.2) is 0 Å². The number of hydrogen-bond donors (Lipinski definition) is 2. The van der Waals surface area contributed by atoms with Crippen molar-refractivity contribution in [2.75, 3.05) is 26.7 Å². The fourth-order valence-electron chi connectivity index (χ4n) is 7.78.